The van der Waals surface area contributed by atoms with Crippen LogP contribution in [-0.2, 0) is 14.3 Å². The van der Waals surface area contributed by atoms with Gasteiger partial charge >= 0.3 is 0 Å². The molecule has 13 heavy (non-hydrogen) atoms. The Kier molecular flexibility index (Phi) is 3.09. The summed E-state index contributed by atoms with van der Waals surface area (Å²) in [7, 11) is 0. The van der Waals surface area contributed by atoms with Crippen LogP contribution in [0.1, 0.15) is 34.1 Å². The average molecular weight is 186 g/mol. The molecule has 76 valence electrons. The molecule has 2 atom stereocenters. The van der Waals surface area contributed by atoms with Crippen LogP contribution in [0.3, 0.4) is 0 Å². The van der Waals surface area contributed by atoms with E-state index in [0.717, 1.165) is 6.42 Å². The number of carbonyl (C=O) groups is 1. The van der Waals surface area contributed by atoms with Crippen LogP contribution in [0.5, 0.6) is 0 Å². The second-order valence-corrected chi connectivity index (χ2v) is 4.59. The molecule has 0 unspecified atom stereocenters. The first-order valence-electron chi connectivity index (χ1n) is 4.69. The Morgan fingerprint density at radius 1 is 1.38 bits per heavy atom. The van der Waals surface area contributed by atoms with Gasteiger partial charge in [-0.25, -0.2) is 0 Å². The predicted octanol–water partition coefficient (Wildman–Crippen LogP) is 1.75. The summed E-state index contributed by atoms with van der Waals surface area (Å²) in [5.41, 5.74) is 0.0808. The maximum absolute atomic E-state index is 11.0. The van der Waals surface area contributed by atoms with Crippen molar-refractivity contribution in [3.8, 4) is 0 Å². The SMILES string of the molecule is CC(=O)[C@@H]1OCC[C@H](C(C)(C)C)O1. The number of ether oxygens (including phenoxy) is 2. The monoisotopic (exact) mass is 186 g/mol. The lowest BCUT2D eigenvalue weighted by Gasteiger charge is -2.36. The summed E-state index contributed by atoms with van der Waals surface area (Å²) in [6.45, 7) is 8.45. The van der Waals surface area contributed by atoms with Crippen molar-refractivity contribution in [2.75, 3.05) is 6.61 Å². The summed E-state index contributed by atoms with van der Waals surface area (Å²) >= 11 is 0. The Labute approximate surface area is 79.4 Å². The zero-order valence-electron chi connectivity index (χ0n) is 8.79. The summed E-state index contributed by atoms with van der Waals surface area (Å²) in [6.07, 6.45) is 0.348. The largest absolute Gasteiger partial charge is 0.346 e. The van der Waals surface area contributed by atoms with Crippen LogP contribution in [0, 0.1) is 5.41 Å². The van der Waals surface area contributed by atoms with Crippen LogP contribution in [-0.4, -0.2) is 24.8 Å². The van der Waals surface area contributed by atoms with E-state index in [-0.39, 0.29) is 17.3 Å². The molecule has 0 radical (unpaired) electrons. The zero-order valence-corrected chi connectivity index (χ0v) is 8.79. The Morgan fingerprint density at radius 2 is 2.00 bits per heavy atom. The van der Waals surface area contributed by atoms with Crippen LogP contribution in [0.4, 0.5) is 0 Å². The van der Waals surface area contributed by atoms with Crippen molar-refractivity contribution in [3.05, 3.63) is 0 Å². The third-order valence-corrected chi connectivity index (χ3v) is 2.23. The number of carbonyl (C=O) groups excluding carboxylic acids is 1. The molecular formula is C10H18O3. The van der Waals surface area contributed by atoms with E-state index in [0.29, 0.717) is 6.61 Å². The standard InChI is InChI=1S/C10H18O3/c1-7(11)9-12-6-5-8(13-9)10(2,3)4/h8-9H,5-6H2,1-4H3/t8-,9-/m1/s1. The van der Waals surface area contributed by atoms with E-state index in [1.54, 1.807) is 0 Å². The molecule has 1 fully saturated rings. The van der Waals surface area contributed by atoms with Gasteiger partial charge < -0.3 is 9.47 Å². The van der Waals surface area contributed by atoms with E-state index < -0.39 is 6.29 Å². The van der Waals surface area contributed by atoms with Crippen LogP contribution in [0.15, 0.2) is 0 Å². The maximum Gasteiger partial charge on any atom is 0.217 e. The van der Waals surface area contributed by atoms with Gasteiger partial charge in [0, 0.05) is 0 Å². The van der Waals surface area contributed by atoms with Crippen molar-refractivity contribution >= 4 is 5.78 Å². The van der Waals surface area contributed by atoms with Gasteiger partial charge in [-0.3, -0.25) is 4.79 Å². The number of ketones is 1. The lowest BCUT2D eigenvalue weighted by atomic mass is 9.87. The van der Waals surface area contributed by atoms with E-state index in [1.807, 2.05) is 0 Å². The molecule has 1 heterocycles. The fourth-order valence-electron chi connectivity index (χ4n) is 1.39. The molecule has 0 bridgehead atoms. The minimum absolute atomic E-state index is 0.0473. The van der Waals surface area contributed by atoms with Crippen molar-refractivity contribution < 1.29 is 14.3 Å². The van der Waals surface area contributed by atoms with E-state index in [2.05, 4.69) is 20.8 Å². The Bertz CT molecular complexity index is 193. The molecule has 1 aliphatic heterocycles. The molecule has 0 saturated carbocycles. The summed E-state index contributed by atoms with van der Waals surface area (Å²) in [5, 5.41) is 0. The first-order chi connectivity index (χ1) is 5.91. The van der Waals surface area contributed by atoms with Crippen molar-refractivity contribution in [1.82, 2.24) is 0 Å². The number of hydrogen-bond donors (Lipinski definition) is 0. The van der Waals surface area contributed by atoms with Crippen molar-refractivity contribution in [2.24, 2.45) is 5.41 Å². The van der Waals surface area contributed by atoms with Gasteiger partial charge in [0.25, 0.3) is 0 Å². The third kappa shape index (κ3) is 2.78. The zero-order chi connectivity index (χ0) is 10.1. The summed E-state index contributed by atoms with van der Waals surface area (Å²) in [6, 6.07) is 0. The first-order valence-corrected chi connectivity index (χ1v) is 4.69. The van der Waals surface area contributed by atoms with Crippen LogP contribution in [0.2, 0.25) is 0 Å². The highest BCUT2D eigenvalue weighted by molar-refractivity contribution is 5.79. The molecule has 1 saturated heterocycles. The summed E-state index contributed by atoms with van der Waals surface area (Å²) in [5.74, 6) is -0.0473. The fourth-order valence-corrected chi connectivity index (χ4v) is 1.39. The highest BCUT2D eigenvalue weighted by Crippen LogP contribution is 2.29. The first kappa shape index (κ1) is 10.7. The van der Waals surface area contributed by atoms with Crippen LogP contribution < -0.4 is 0 Å². The van der Waals surface area contributed by atoms with Crippen LogP contribution >= 0.6 is 0 Å². The average Bonchev–Trinajstić information content (AvgIpc) is 2.03. The lowest BCUT2D eigenvalue weighted by Crippen LogP contribution is -2.42. The van der Waals surface area contributed by atoms with Gasteiger partial charge in [0.05, 0.1) is 12.7 Å². The molecular weight excluding hydrogens is 168 g/mol. The Balaban J connectivity index is 2.57. The molecule has 0 N–H and O–H groups in total. The topological polar surface area (TPSA) is 35.5 Å². The van der Waals surface area contributed by atoms with Crippen molar-refractivity contribution in [3.63, 3.8) is 0 Å². The van der Waals surface area contributed by atoms with Gasteiger partial charge in [-0.2, -0.15) is 0 Å². The van der Waals surface area contributed by atoms with E-state index in [4.69, 9.17) is 9.47 Å². The fraction of sp³-hybridized carbons (Fsp3) is 0.900. The van der Waals surface area contributed by atoms with Gasteiger partial charge in [0.1, 0.15) is 0 Å². The molecule has 1 rings (SSSR count). The second-order valence-electron chi connectivity index (χ2n) is 4.59. The smallest absolute Gasteiger partial charge is 0.217 e. The predicted molar refractivity (Wildman–Crippen MR) is 49.4 cm³/mol. The van der Waals surface area contributed by atoms with Gasteiger partial charge in [0.2, 0.25) is 6.29 Å². The van der Waals surface area contributed by atoms with Crippen molar-refractivity contribution in [2.45, 2.75) is 46.5 Å². The number of rotatable bonds is 1. The molecule has 1 aliphatic rings. The van der Waals surface area contributed by atoms with E-state index >= 15 is 0 Å². The van der Waals surface area contributed by atoms with Gasteiger partial charge in [-0.1, -0.05) is 20.8 Å². The van der Waals surface area contributed by atoms with E-state index in [1.165, 1.54) is 6.92 Å². The second kappa shape index (κ2) is 3.76. The quantitative estimate of drug-likeness (QED) is 0.626. The van der Waals surface area contributed by atoms with Gasteiger partial charge in [0.15, 0.2) is 5.78 Å². The van der Waals surface area contributed by atoms with Crippen LogP contribution in [0.25, 0.3) is 0 Å². The molecule has 0 aromatic carbocycles. The Morgan fingerprint density at radius 3 is 2.46 bits per heavy atom. The number of hydrogen-bond acceptors (Lipinski definition) is 3. The summed E-state index contributed by atoms with van der Waals surface area (Å²) in [4.78, 5) is 11.0. The summed E-state index contributed by atoms with van der Waals surface area (Å²) < 4.78 is 10.7. The Hall–Kier alpha value is -0.410. The molecule has 3 heteroatoms. The van der Waals surface area contributed by atoms with E-state index in [9.17, 15) is 4.79 Å². The lowest BCUT2D eigenvalue weighted by molar-refractivity contribution is -0.226. The molecule has 3 nitrogen and oxygen atoms in total. The van der Waals surface area contributed by atoms with Crippen molar-refractivity contribution in [1.29, 1.82) is 0 Å². The minimum Gasteiger partial charge on any atom is -0.346 e. The van der Waals surface area contributed by atoms with Gasteiger partial charge in [-0.15, -0.1) is 0 Å². The maximum atomic E-state index is 11.0. The molecule has 0 spiro atoms. The third-order valence-electron chi connectivity index (χ3n) is 2.23. The molecule has 0 amide bonds. The highest BCUT2D eigenvalue weighted by atomic mass is 16.7. The molecule has 0 aliphatic carbocycles. The highest BCUT2D eigenvalue weighted by Gasteiger charge is 2.33. The molecule has 0 aromatic rings. The number of Topliss-reactive ketones (excluding diaryl/α,β-unsaturated/α-hetero) is 1. The molecule has 0 aromatic heterocycles. The normalized spacial score (nSPS) is 30.2. The van der Waals surface area contributed by atoms with Gasteiger partial charge in [-0.05, 0) is 18.8 Å². The minimum atomic E-state index is -0.641.